The average molecular weight is 1170 g/mol. The topological polar surface area (TPSA) is 14.8 Å². The van der Waals surface area contributed by atoms with Crippen LogP contribution in [0.25, 0.3) is 93.6 Å². The monoisotopic (exact) mass is 1170 g/mol. The normalized spacial score (nSPS) is 12.0. The zero-order chi connectivity index (χ0) is 58.9. The molecule has 0 aliphatic heterocycles. The molecular weight excluding hydrogens is 1110 g/mol. The van der Waals surface area contributed by atoms with Crippen molar-refractivity contribution in [3.63, 3.8) is 0 Å². The molecule has 0 saturated heterocycles. The Morgan fingerprint density at radius 3 is 1.01 bits per heavy atom. The van der Waals surface area contributed by atoms with Crippen molar-refractivity contribution in [2.75, 3.05) is 0 Å². The van der Waals surface area contributed by atoms with Crippen molar-refractivity contribution in [3.8, 4) is 28.2 Å². The summed E-state index contributed by atoms with van der Waals surface area (Å²) in [4.78, 5) is 0. The van der Waals surface area contributed by atoms with Gasteiger partial charge in [0, 0.05) is 49.4 Å². The highest BCUT2D eigenvalue weighted by Crippen LogP contribution is 2.38. The fraction of sp³-hybridized carbons (Fsp3) is 0. The summed E-state index contributed by atoms with van der Waals surface area (Å²) in [6.45, 7) is 0. The highest BCUT2D eigenvalue weighted by Gasteiger charge is 2.44. The number of hydrogen-bond acceptors (Lipinski definition) is 0. The molecule has 418 valence electrons. The van der Waals surface area contributed by atoms with Gasteiger partial charge in [0.05, 0.1) is 33.1 Å². The molecule has 89 heavy (non-hydrogen) atoms. The molecule has 0 aliphatic rings. The zero-order valence-corrected chi connectivity index (χ0v) is 50.9. The summed E-state index contributed by atoms with van der Waals surface area (Å²) in [7, 11) is -6.12. The van der Waals surface area contributed by atoms with Gasteiger partial charge >= 0.3 is 0 Å². The largest absolute Gasteiger partial charge is 0.309 e. The second-order valence-electron chi connectivity index (χ2n) is 23.5. The standard InChI is InChI=1S/C84H59N3Si2/c1-6-27-60(28-7-1)61-51-54-69(55-52-61)88(65-31-8-2-9-32-65,66-33-10-3-11-34-66)70-39-24-29-62(57-70)86-79-47-22-18-43-74(79)76-59-64(53-56-81(76)86)87-80-48-23-19-44-75(80)84-82(87)49-26-50-83(84)89(67-35-12-4-13-36-67,68-37-14-5-15-38-68)71-40-25-30-63(58-71)85-77-45-20-16-41-72(77)73-42-17-21-46-78(73)85/h1-59H. The maximum atomic E-state index is 2.53. The van der Waals surface area contributed by atoms with E-state index in [4.69, 9.17) is 0 Å². The number of benzene rings is 14. The van der Waals surface area contributed by atoms with Crippen molar-refractivity contribution >= 4 is 123 Å². The van der Waals surface area contributed by atoms with Crippen LogP contribution in [0.1, 0.15) is 0 Å². The summed E-state index contributed by atoms with van der Waals surface area (Å²) < 4.78 is 7.51. The van der Waals surface area contributed by atoms with Crippen molar-refractivity contribution in [1.29, 1.82) is 0 Å². The van der Waals surface area contributed by atoms with Crippen molar-refractivity contribution < 1.29 is 0 Å². The Balaban J connectivity index is 0.871. The van der Waals surface area contributed by atoms with E-state index >= 15 is 0 Å². The third-order valence-electron chi connectivity index (χ3n) is 18.9. The first-order valence-electron chi connectivity index (χ1n) is 30.8. The Morgan fingerprint density at radius 2 is 0.506 bits per heavy atom. The molecule has 0 unspecified atom stereocenters. The lowest BCUT2D eigenvalue weighted by molar-refractivity contribution is 1.17. The molecule has 0 saturated carbocycles. The smallest absolute Gasteiger partial charge is 0.180 e. The lowest BCUT2D eigenvalue weighted by Gasteiger charge is -2.35. The fourth-order valence-corrected chi connectivity index (χ4v) is 25.0. The van der Waals surface area contributed by atoms with E-state index in [9.17, 15) is 0 Å². The SMILES string of the molecule is c1ccc(-c2ccc([Si](c3ccccc3)(c3ccccc3)c3cccc(-n4c5ccccc5c5cc(-n6c7ccccc7c7c([Si](c8ccccc8)(c8ccccc8)c8cccc(-n9c%10ccccc%10c%10ccccc%109)c8)cccc76)ccc54)c3)cc2)cc1. The molecular formula is C84H59N3Si2. The van der Waals surface area contributed by atoms with Crippen LogP contribution in [-0.2, 0) is 0 Å². The average Bonchev–Trinajstić information content (AvgIpc) is 1.92. The second-order valence-corrected chi connectivity index (χ2v) is 31.1. The summed E-state index contributed by atoms with van der Waals surface area (Å²) >= 11 is 0. The van der Waals surface area contributed by atoms with Crippen LogP contribution in [-0.4, -0.2) is 29.8 Å². The van der Waals surface area contributed by atoms with Gasteiger partial charge in [0.15, 0.2) is 16.1 Å². The first-order chi connectivity index (χ1) is 44.2. The summed E-state index contributed by atoms with van der Waals surface area (Å²) in [5, 5.41) is 18.2. The molecule has 14 aromatic carbocycles. The molecule has 17 rings (SSSR count). The van der Waals surface area contributed by atoms with Gasteiger partial charge in [-0.3, -0.25) is 0 Å². The molecule has 5 heteroatoms. The van der Waals surface area contributed by atoms with Gasteiger partial charge in [0.1, 0.15) is 0 Å². The van der Waals surface area contributed by atoms with Crippen molar-refractivity contribution in [3.05, 3.63) is 358 Å². The molecule has 0 fully saturated rings. The molecule has 0 N–H and O–H groups in total. The number of aromatic nitrogens is 3. The number of rotatable bonds is 12. The van der Waals surface area contributed by atoms with E-state index in [2.05, 4.69) is 372 Å². The molecule has 3 heterocycles. The quantitative estimate of drug-likeness (QED) is 0.0855. The van der Waals surface area contributed by atoms with E-state index in [-0.39, 0.29) is 0 Å². The first-order valence-corrected chi connectivity index (χ1v) is 34.8. The fourth-order valence-electron chi connectivity index (χ4n) is 15.2. The minimum absolute atomic E-state index is 1.12. The van der Waals surface area contributed by atoms with E-state index in [1.807, 2.05) is 0 Å². The second kappa shape index (κ2) is 21.4. The molecule has 0 aliphatic carbocycles. The van der Waals surface area contributed by atoms with Gasteiger partial charge < -0.3 is 13.7 Å². The van der Waals surface area contributed by atoms with Crippen molar-refractivity contribution in [2.24, 2.45) is 0 Å². The molecule has 0 atom stereocenters. The predicted octanol–water partition coefficient (Wildman–Crippen LogP) is 15.4. The van der Waals surface area contributed by atoms with Crippen LogP contribution in [0.3, 0.4) is 0 Å². The van der Waals surface area contributed by atoms with Crippen LogP contribution in [0, 0.1) is 0 Å². The Morgan fingerprint density at radius 1 is 0.180 bits per heavy atom. The van der Waals surface area contributed by atoms with E-state index in [0.29, 0.717) is 0 Å². The number of nitrogens with zero attached hydrogens (tertiary/aromatic N) is 3. The van der Waals surface area contributed by atoms with Gasteiger partial charge in [-0.2, -0.15) is 0 Å². The van der Waals surface area contributed by atoms with Crippen molar-refractivity contribution in [1.82, 2.24) is 13.7 Å². The molecule has 3 nitrogen and oxygen atoms in total. The molecule has 0 bridgehead atoms. The van der Waals surface area contributed by atoms with Crippen LogP contribution >= 0.6 is 0 Å². The van der Waals surface area contributed by atoms with Gasteiger partial charge in [-0.15, -0.1) is 0 Å². The van der Waals surface area contributed by atoms with Gasteiger partial charge in [-0.1, -0.05) is 285 Å². The van der Waals surface area contributed by atoms with Crippen LogP contribution in [0.15, 0.2) is 358 Å². The summed E-state index contributed by atoms with van der Waals surface area (Å²) in [5.41, 5.74) is 12.9. The van der Waals surface area contributed by atoms with Crippen molar-refractivity contribution in [2.45, 2.75) is 0 Å². The van der Waals surface area contributed by atoms with Crippen LogP contribution in [0.2, 0.25) is 0 Å². The maximum Gasteiger partial charge on any atom is 0.180 e. The number of hydrogen-bond donors (Lipinski definition) is 0. The predicted molar refractivity (Wildman–Crippen MR) is 382 cm³/mol. The molecule has 0 spiro atoms. The summed E-state index contributed by atoms with van der Waals surface area (Å²) in [6, 6.07) is 135. The van der Waals surface area contributed by atoms with E-state index in [1.165, 1.54) is 113 Å². The zero-order valence-electron chi connectivity index (χ0n) is 48.9. The maximum absolute atomic E-state index is 3.19. The lowest BCUT2D eigenvalue weighted by atomic mass is 10.1. The number of fused-ring (bicyclic) bond motifs is 9. The Bertz CT molecular complexity index is 5350. The van der Waals surface area contributed by atoms with Crippen LogP contribution in [0.5, 0.6) is 0 Å². The van der Waals surface area contributed by atoms with E-state index in [0.717, 1.165) is 22.6 Å². The molecule has 0 radical (unpaired) electrons. The third-order valence-corrected chi connectivity index (χ3v) is 28.5. The van der Waals surface area contributed by atoms with Gasteiger partial charge in [0.25, 0.3) is 0 Å². The van der Waals surface area contributed by atoms with E-state index in [1.54, 1.807) is 0 Å². The van der Waals surface area contributed by atoms with E-state index < -0.39 is 16.1 Å². The van der Waals surface area contributed by atoms with Crippen LogP contribution in [0.4, 0.5) is 0 Å². The Kier molecular flexibility index (Phi) is 12.6. The number of para-hydroxylation sites is 4. The lowest BCUT2D eigenvalue weighted by Crippen LogP contribution is -2.74. The first kappa shape index (κ1) is 52.3. The summed E-state index contributed by atoms with van der Waals surface area (Å²) in [5.74, 6) is 0. The summed E-state index contributed by atoms with van der Waals surface area (Å²) in [6.07, 6.45) is 0. The van der Waals surface area contributed by atoms with Crippen LogP contribution < -0.4 is 41.5 Å². The molecule has 3 aromatic heterocycles. The van der Waals surface area contributed by atoms with Gasteiger partial charge in [-0.25, -0.2) is 0 Å². The Labute approximate surface area is 519 Å². The molecule has 0 amide bonds. The van der Waals surface area contributed by atoms with Gasteiger partial charge in [0.2, 0.25) is 0 Å². The highest BCUT2D eigenvalue weighted by molar-refractivity contribution is 7.21. The minimum atomic E-state index is -3.19. The minimum Gasteiger partial charge on any atom is -0.309 e. The molecule has 17 aromatic rings. The third kappa shape index (κ3) is 8.17. The highest BCUT2D eigenvalue weighted by atomic mass is 28.3. The Hall–Kier alpha value is -11.1. The van der Waals surface area contributed by atoms with Gasteiger partial charge in [-0.05, 0) is 125 Å².